The molecular formula is C8H16BrNO. The van der Waals surface area contributed by atoms with E-state index in [4.69, 9.17) is 4.74 Å². The molecule has 0 unspecified atom stereocenters. The lowest BCUT2D eigenvalue weighted by atomic mass is 10.5. The zero-order chi connectivity index (χ0) is 8.53. The van der Waals surface area contributed by atoms with Crippen molar-refractivity contribution in [3.8, 4) is 0 Å². The molecule has 0 aliphatic rings. The molecule has 0 bridgehead atoms. The number of hydrogen-bond donors (Lipinski definition) is 1. The summed E-state index contributed by atoms with van der Waals surface area (Å²) in [6, 6.07) is 0. The standard InChI is InChI=1S/C8H16BrNO/c1-3-4-10-5-6-11-7-8(2)9/h10H,2-7H2,1H3. The number of nitrogens with one attached hydrogen (secondary N) is 1. The van der Waals surface area contributed by atoms with Crippen LogP contribution in [0.2, 0.25) is 0 Å². The van der Waals surface area contributed by atoms with Crippen LogP contribution in [-0.4, -0.2) is 26.3 Å². The summed E-state index contributed by atoms with van der Waals surface area (Å²) >= 11 is 3.22. The molecule has 0 spiro atoms. The highest BCUT2D eigenvalue weighted by Gasteiger charge is 1.88. The fraction of sp³-hybridized carbons (Fsp3) is 0.750. The normalized spacial score (nSPS) is 10.0. The topological polar surface area (TPSA) is 21.3 Å². The molecule has 0 aliphatic heterocycles. The van der Waals surface area contributed by atoms with Crippen molar-refractivity contribution in [1.82, 2.24) is 5.32 Å². The molecule has 0 aromatic rings. The molecule has 0 saturated carbocycles. The molecule has 0 fully saturated rings. The first kappa shape index (κ1) is 11.1. The van der Waals surface area contributed by atoms with E-state index in [-0.39, 0.29) is 0 Å². The van der Waals surface area contributed by atoms with Gasteiger partial charge in [-0.2, -0.15) is 0 Å². The molecular weight excluding hydrogens is 206 g/mol. The van der Waals surface area contributed by atoms with Crippen molar-refractivity contribution in [2.24, 2.45) is 0 Å². The Balaban J connectivity index is 2.85. The van der Waals surface area contributed by atoms with Crippen molar-refractivity contribution in [1.29, 1.82) is 0 Å². The molecule has 0 rings (SSSR count). The first-order valence-electron chi connectivity index (χ1n) is 3.89. The van der Waals surface area contributed by atoms with Crippen molar-refractivity contribution in [3.05, 3.63) is 11.1 Å². The van der Waals surface area contributed by atoms with E-state index in [0.717, 1.165) is 24.2 Å². The quantitative estimate of drug-likeness (QED) is 0.664. The van der Waals surface area contributed by atoms with Gasteiger partial charge < -0.3 is 10.1 Å². The van der Waals surface area contributed by atoms with Gasteiger partial charge in [0.15, 0.2) is 0 Å². The molecule has 3 heteroatoms. The molecule has 2 nitrogen and oxygen atoms in total. The lowest BCUT2D eigenvalue weighted by molar-refractivity contribution is 0.163. The predicted molar refractivity (Wildman–Crippen MR) is 52.0 cm³/mol. The van der Waals surface area contributed by atoms with E-state index in [1.807, 2.05) is 0 Å². The summed E-state index contributed by atoms with van der Waals surface area (Å²) in [6.07, 6.45) is 1.17. The molecule has 0 radical (unpaired) electrons. The second-order valence-electron chi connectivity index (χ2n) is 2.32. The van der Waals surface area contributed by atoms with Gasteiger partial charge >= 0.3 is 0 Å². The summed E-state index contributed by atoms with van der Waals surface area (Å²) in [4.78, 5) is 0. The van der Waals surface area contributed by atoms with Crippen molar-refractivity contribution >= 4 is 15.9 Å². The van der Waals surface area contributed by atoms with Crippen LogP contribution in [-0.2, 0) is 4.74 Å². The summed E-state index contributed by atoms with van der Waals surface area (Å²) in [6.45, 7) is 9.16. The van der Waals surface area contributed by atoms with E-state index < -0.39 is 0 Å². The highest BCUT2D eigenvalue weighted by atomic mass is 79.9. The minimum atomic E-state index is 0.605. The van der Waals surface area contributed by atoms with E-state index in [1.165, 1.54) is 6.42 Å². The van der Waals surface area contributed by atoms with Crippen LogP contribution in [0.4, 0.5) is 0 Å². The fourth-order valence-electron chi connectivity index (χ4n) is 0.629. The third-order valence-electron chi connectivity index (χ3n) is 1.11. The van der Waals surface area contributed by atoms with Crippen molar-refractivity contribution < 1.29 is 4.74 Å². The van der Waals surface area contributed by atoms with Gasteiger partial charge in [-0.15, -0.1) is 0 Å². The van der Waals surface area contributed by atoms with Gasteiger partial charge in [-0.1, -0.05) is 29.4 Å². The van der Waals surface area contributed by atoms with Crippen LogP contribution >= 0.6 is 15.9 Å². The Morgan fingerprint density at radius 1 is 1.55 bits per heavy atom. The first-order chi connectivity index (χ1) is 5.27. The van der Waals surface area contributed by atoms with Crippen LogP contribution in [0.15, 0.2) is 11.1 Å². The van der Waals surface area contributed by atoms with E-state index in [1.54, 1.807) is 0 Å². The third-order valence-corrected chi connectivity index (χ3v) is 1.34. The lowest BCUT2D eigenvalue weighted by Gasteiger charge is -2.03. The summed E-state index contributed by atoms with van der Waals surface area (Å²) < 4.78 is 6.13. The monoisotopic (exact) mass is 221 g/mol. The maximum absolute atomic E-state index is 5.23. The van der Waals surface area contributed by atoms with Crippen molar-refractivity contribution in [2.45, 2.75) is 13.3 Å². The zero-order valence-corrected chi connectivity index (χ0v) is 8.61. The van der Waals surface area contributed by atoms with Crippen LogP contribution in [0.25, 0.3) is 0 Å². The lowest BCUT2D eigenvalue weighted by Crippen LogP contribution is -2.20. The van der Waals surface area contributed by atoms with Crippen LogP contribution in [0, 0.1) is 0 Å². The van der Waals surface area contributed by atoms with Crippen molar-refractivity contribution in [2.75, 3.05) is 26.3 Å². The second-order valence-corrected chi connectivity index (χ2v) is 3.44. The maximum Gasteiger partial charge on any atom is 0.0776 e. The van der Waals surface area contributed by atoms with Crippen LogP contribution in [0.3, 0.4) is 0 Å². The van der Waals surface area contributed by atoms with E-state index in [0.29, 0.717) is 6.61 Å². The fourth-order valence-corrected chi connectivity index (χ4v) is 0.791. The number of rotatable bonds is 7. The largest absolute Gasteiger partial charge is 0.375 e. The van der Waals surface area contributed by atoms with Crippen molar-refractivity contribution in [3.63, 3.8) is 0 Å². The molecule has 1 N–H and O–H groups in total. The molecule has 0 aliphatic carbocycles. The highest BCUT2D eigenvalue weighted by molar-refractivity contribution is 9.11. The van der Waals surface area contributed by atoms with Gasteiger partial charge in [0.25, 0.3) is 0 Å². The Kier molecular flexibility index (Phi) is 8.34. The summed E-state index contributed by atoms with van der Waals surface area (Å²) in [5.74, 6) is 0. The second kappa shape index (κ2) is 8.24. The Labute approximate surface area is 77.1 Å². The maximum atomic E-state index is 5.23. The number of hydrogen-bond acceptors (Lipinski definition) is 2. The molecule has 0 amide bonds. The van der Waals surface area contributed by atoms with E-state index in [2.05, 4.69) is 34.7 Å². The van der Waals surface area contributed by atoms with Gasteiger partial charge in [0.05, 0.1) is 13.2 Å². The van der Waals surface area contributed by atoms with E-state index >= 15 is 0 Å². The Bertz CT molecular complexity index is 106. The van der Waals surface area contributed by atoms with Gasteiger partial charge in [-0.3, -0.25) is 0 Å². The summed E-state index contributed by atoms with van der Waals surface area (Å²) in [5, 5.41) is 3.24. The summed E-state index contributed by atoms with van der Waals surface area (Å²) in [7, 11) is 0. The average Bonchev–Trinajstić information content (AvgIpc) is 1.96. The molecule has 0 atom stereocenters. The number of ether oxygens (including phenoxy) is 1. The Hall–Kier alpha value is 0.140. The molecule has 0 heterocycles. The van der Waals surface area contributed by atoms with Gasteiger partial charge in [0.2, 0.25) is 0 Å². The molecule has 0 aromatic heterocycles. The van der Waals surface area contributed by atoms with Gasteiger partial charge in [0.1, 0.15) is 0 Å². The highest BCUT2D eigenvalue weighted by Crippen LogP contribution is 1.99. The smallest absolute Gasteiger partial charge is 0.0776 e. The molecule has 0 aromatic carbocycles. The SMILES string of the molecule is C=C(Br)COCCNCCC. The molecule has 66 valence electrons. The third kappa shape index (κ3) is 10.1. The zero-order valence-electron chi connectivity index (χ0n) is 7.03. The molecule has 11 heavy (non-hydrogen) atoms. The minimum absolute atomic E-state index is 0.605. The van der Waals surface area contributed by atoms with E-state index in [9.17, 15) is 0 Å². The van der Waals surface area contributed by atoms with Crippen LogP contribution in [0.5, 0.6) is 0 Å². The van der Waals surface area contributed by atoms with Gasteiger partial charge in [0, 0.05) is 11.0 Å². The average molecular weight is 222 g/mol. The predicted octanol–water partition coefficient (Wildman–Crippen LogP) is 1.91. The number of halogens is 1. The van der Waals surface area contributed by atoms with Crippen LogP contribution in [0.1, 0.15) is 13.3 Å². The first-order valence-corrected chi connectivity index (χ1v) is 4.68. The van der Waals surface area contributed by atoms with Gasteiger partial charge in [-0.05, 0) is 13.0 Å². The minimum Gasteiger partial charge on any atom is -0.375 e. The summed E-state index contributed by atoms with van der Waals surface area (Å²) in [5.41, 5.74) is 0. The van der Waals surface area contributed by atoms with Gasteiger partial charge in [-0.25, -0.2) is 0 Å². The molecule has 0 saturated heterocycles. The Morgan fingerprint density at radius 3 is 2.82 bits per heavy atom. The Morgan fingerprint density at radius 2 is 2.27 bits per heavy atom. The van der Waals surface area contributed by atoms with Crippen LogP contribution < -0.4 is 5.32 Å².